The maximum absolute atomic E-state index is 6.79. The lowest BCUT2D eigenvalue weighted by atomic mass is 10.2. The van der Waals surface area contributed by atoms with E-state index in [1.807, 2.05) is 6.07 Å². The van der Waals surface area contributed by atoms with Crippen molar-refractivity contribution in [2.75, 3.05) is 39.6 Å². The normalized spacial score (nSPS) is 15.1. The molecule has 0 spiro atoms. The molecule has 1 unspecified atom stereocenters. The highest BCUT2D eigenvalue weighted by Gasteiger charge is 2.31. The average molecular weight is 513 g/mol. The molecule has 0 N–H and O–H groups in total. The third-order valence-electron chi connectivity index (χ3n) is 5.69. The van der Waals surface area contributed by atoms with Crippen molar-refractivity contribution < 1.29 is 23.7 Å². The molecular formula is C29H52O5S. The third-order valence-corrected chi connectivity index (χ3v) is 6.88. The van der Waals surface area contributed by atoms with Crippen LogP contribution in [0.3, 0.4) is 0 Å². The Kier molecular flexibility index (Phi) is 20.9. The molecule has 0 saturated heterocycles. The van der Waals surface area contributed by atoms with Gasteiger partial charge in [0.1, 0.15) is 17.6 Å². The van der Waals surface area contributed by atoms with Gasteiger partial charge in [-0.3, -0.25) is 0 Å². The van der Waals surface area contributed by atoms with Crippen LogP contribution in [0.25, 0.3) is 0 Å². The van der Waals surface area contributed by atoms with E-state index in [2.05, 4.69) is 58.9 Å². The Labute approximate surface area is 220 Å². The van der Waals surface area contributed by atoms with E-state index in [1.165, 1.54) is 0 Å². The first-order valence-corrected chi connectivity index (χ1v) is 14.8. The minimum absolute atomic E-state index is 0.0700. The molecule has 4 atom stereocenters. The first-order valence-electron chi connectivity index (χ1n) is 13.9. The summed E-state index contributed by atoms with van der Waals surface area (Å²) in [7, 11) is 0. The van der Waals surface area contributed by atoms with Gasteiger partial charge >= 0.3 is 0 Å². The highest BCUT2D eigenvalue weighted by molar-refractivity contribution is 7.99. The lowest BCUT2D eigenvalue weighted by molar-refractivity contribution is -0.142. The second-order valence-corrected chi connectivity index (χ2v) is 10.2. The van der Waals surface area contributed by atoms with Crippen LogP contribution >= 0.6 is 11.8 Å². The number of unbranched alkanes of at least 4 members (excludes halogenated alkanes) is 4. The van der Waals surface area contributed by atoms with Crippen molar-refractivity contribution in [1.29, 1.82) is 0 Å². The molecule has 0 amide bonds. The van der Waals surface area contributed by atoms with Crippen LogP contribution in [0.2, 0.25) is 0 Å². The lowest BCUT2D eigenvalue weighted by Crippen LogP contribution is -2.42. The van der Waals surface area contributed by atoms with Crippen LogP contribution in [0.5, 0.6) is 0 Å². The number of rotatable bonds is 24. The Morgan fingerprint density at radius 2 is 1.17 bits per heavy atom. The molecular weight excluding hydrogens is 460 g/mol. The van der Waals surface area contributed by atoms with Gasteiger partial charge in [-0.2, -0.15) is 0 Å². The van der Waals surface area contributed by atoms with Gasteiger partial charge in [0.2, 0.25) is 0 Å². The maximum atomic E-state index is 6.79. The van der Waals surface area contributed by atoms with Crippen molar-refractivity contribution in [2.24, 2.45) is 0 Å². The fourth-order valence-corrected chi connectivity index (χ4v) is 4.37. The summed E-state index contributed by atoms with van der Waals surface area (Å²) in [6.07, 6.45) is 8.17. The van der Waals surface area contributed by atoms with Crippen molar-refractivity contribution in [3.05, 3.63) is 30.3 Å². The van der Waals surface area contributed by atoms with Crippen LogP contribution in [0, 0.1) is 0 Å². The zero-order chi connectivity index (χ0) is 25.6. The summed E-state index contributed by atoms with van der Waals surface area (Å²) in [4.78, 5) is 1.15. The summed E-state index contributed by atoms with van der Waals surface area (Å²) >= 11 is 1.70. The number of hydrogen-bond acceptors (Lipinski definition) is 6. The standard InChI is InChI=1S/C29H52O5S/c1-6-10-19-30-23-27(25(5)32-21-12-8-3)34-29(35-26-17-15-14-16-18-26)28(33-22-13-9-4)24-31-20-11-7-2/h14-18,25,27-29H,6-13,19-24H2,1-5H3/t25-,27?,28+,29+/m1/s1. The van der Waals surface area contributed by atoms with E-state index in [1.54, 1.807) is 11.8 Å². The van der Waals surface area contributed by atoms with Gasteiger partial charge in [-0.25, -0.2) is 0 Å². The van der Waals surface area contributed by atoms with E-state index in [-0.39, 0.29) is 23.7 Å². The van der Waals surface area contributed by atoms with Gasteiger partial charge in [0.05, 0.1) is 19.3 Å². The fraction of sp³-hybridized carbons (Fsp3) is 0.793. The monoisotopic (exact) mass is 512 g/mol. The van der Waals surface area contributed by atoms with E-state index in [4.69, 9.17) is 23.7 Å². The second kappa shape index (κ2) is 22.6. The van der Waals surface area contributed by atoms with E-state index >= 15 is 0 Å². The molecule has 0 radical (unpaired) electrons. The van der Waals surface area contributed by atoms with Gasteiger partial charge in [-0.05, 0) is 44.7 Å². The summed E-state index contributed by atoms with van der Waals surface area (Å²) in [5.74, 6) is 0. The largest absolute Gasteiger partial charge is 0.379 e. The van der Waals surface area contributed by atoms with Gasteiger partial charge in [-0.15, -0.1) is 0 Å². The van der Waals surface area contributed by atoms with Crippen LogP contribution in [-0.4, -0.2) is 63.4 Å². The Hall–Kier alpha value is -0.630. The van der Waals surface area contributed by atoms with Gasteiger partial charge in [0, 0.05) is 31.3 Å². The first kappa shape index (κ1) is 32.4. The van der Waals surface area contributed by atoms with Crippen molar-refractivity contribution in [2.45, 2.75) is 115 Å². The van der Waals surface area contributed by atoms with Gasteiger partial charge < -0.3 is 23.7 Å². The first-order chi connectivity index (χ1) is 17.2. The molecule has 1 aromatic carbocycles. The predicted molar refractivity (Wildman–Crippen MR) is 147 cm³/mol. The zero-order valence-electron chi connectivity index (χ0n) is 23.0. The quantitative estimate of drug-likeness (QED) is 0.0811. The second-order valence-electron chi connectivity index (χ2n) is 9.02. The molecule has 6 heteroatoms. The van der Waals surface area contributed by atoms with E-state index in [0.29, 0.717) is 19.8 Å². The van der Waals surface area contributed by atoms with E-state index in [0.717, 1.165) is 76.1 Å². The van der Waals surface area contributed by atoms with Crippen LogP contribution in [0.4, 0.5) is 0 Å². The number of ether oxygens (including phenoxy) is 5. The highest BCUT2D eigenvalue weighted by atomic mass is 32.2. The molecule has 0 aliphatic rings. The predicted octanol–water partition coefficient (Wildman–Crippen LogP) is 7.51. The molecule has 35 heavy (non-hydrogen) atoms. The molecule has 0 bridgehead atoms. The molecule has 0 aromatic heterocycles. The number of thioether (sulfide) groups is 1. The Morgan fingerprint density at radius 1 is 0.657 bits per heavy atom. The van der Waals surface area contributed by atoms with Crippen molar-refractivity contribution in [3.63, 3.8) is 0 Å². The van der Waals surface area contributed by atoms with Crippen LogP contribution in [0.1, 0.15) is 86.0 Å². The minimum atomic E-state index is -0.229. The number of benzene rings is 1. The van der Waals surface area contributed by atoms with Crippen LogP contribution in [0.15, 0.2) is 35.2 Å². The van der Waals surface area contributed by atoms with Crippen molar-refractivity contribution >= 4 is 11.8 Å². The molecule has 5 nitrogen and oxygen atoms in total. The smallest absolute Gasteiger partial charge is 0.136 e. The summed E-state index contributed by atoms with van der Waals surface area (Å²) in [5, 5.41) is 0. The molecule has 1 aromatic rings. The fourth-order valence-electron chi connectivity index (χ4n) is 3.28. The van der Waals surface area contributed by atoms with E-state index < -0.39 is 0 Å². The Balaban J connectivity index is 3.02. The molecule has 1 rings (SSSR count). The molecule has 0 fully saturated rings. The third kappa shape index (κ3) is 16.0. The highest BCUT2D eigenvalue weighted by Crippen LogP contribution is 2.30. The SMILES string of the molecule is CCCCOCC(O[C@@H](Sc1ccccc1)[C@H](COCCCC)OCCCC)[C@@H](C)OCCCC. The molecule has 0 heterocycles. The molecule has 0 aliphatic carbocycles. The van der Waals surface area contributed by atoms with Gasteiger partial charge in [0.25, 0.3) is 0 Å². The molecule has 0 saturated carbocycles. The minimum Gasteiger partial charge on any atom is -0.379 e. The van der Waals surface area contributed by atoms with Crippen molar-refractivity contribution in [1.82, 2.24) is 0 Å². The maximum Gasteiger partial charge on any atom is 0.136 e. The molecule has 0 aliphatic heterocycles. The van der Waals surface area contributed by atoms with E-state index in [9.17, 15) is 0 Å². The Bertz CT molecular complexity index is 573. The lowest BCUT2D eigenvalue weighted by Gasteiger charge is -2.33. The number of hydrogen-bond donors (Lipinski definition) is 0. The topological polar surface area (TPSA) is 46.2 Å². The summed E-state index contributed by atoms with van der Waals surface area (Å²) < 4.78 is 31.4. The van der Waals surface area contributed by atoms with Crippen LogP contribution < -0.4 is 0 Å². The summed E-state index contributed by atoms with van der Waals surface area (Å²) in [6, 6.07) is 10.4. The summed E-state index contributed by atoms with van der Waals surface area (Å²) in [6.45, 7) is 14.8. The summed E-state index contributed by atoms with van der Waals surface area (Å²) in [5.41, 5.74) is -0.229. The van der Waals surface area contributed by atoms with Crippen molar-refractivity contribution in [3.8, 4) is 0 Å². The average Bonchev–Trinajstić information content (AvgIpc) is 2.87. The van der Waals surface area contributed by atoms with Gasteiger partial charge in [-0.1, -0.05) is 83.3 Å². The van der Waals surface area contributed by atoms with Crippen LogP contribution in [-0.2, 0) is 23.7 Å². The zero-order valence-corrected chi connectivity index (χ0v) is 23.9. The Morgan fingerprint density at radius 3 is 1.74 bits per heavy atom. The molecule has 204 valence electrons. The van der Waals surface area contributed by atoms with Gasteiger partial charge in [0.15, 0.2) is 0 Å².